The molecule has 70 valence electrons. The van der Waals surface area contributed by atoms with Crippen LogP contribution in [0.15, 0.2) is 0 Å². The molecule has 0 rings (SSSR count). The van der Waals surface area contributed by atoms with Crippen LogP contribution in [-0.4, -0.2) is 32.5 Å². The van der Waals surface area contributed by atoms with Crippen LogP contribution in [0.5, 0.6) is 0 Å². The van der Waals surface area contributed by atoms with Gasteiger partial charge >= 0.3 is 0 Å². The monoisotopic (exact) mass is 182 g/mol. The van der Waals surface area contributed by atoms with Gasteiger partial charge in [0.1, 0.15) is 0 Å². The van der Waals surface area contributed by atoms with E-state index in [9.17, 15) is 0 Å². The molecule has 3 nitrogen and oxygen atoms in total. The maximum atomic E-state index is 5.22. The van der Waals surface area contributed by atoms with Crippen LogP contribution in [0.3, 0.4) is 0 Å². The van der Waals surface area contributed by atoms with Gasteiger partial charge < -0.3 is 27.6 Å². The number of hydrogen-bond donors (Lipinski definition) is 1. The molecule has 0 aliphatic heterocycles. The summed E-state index contributed by atoms with van der Waals surface area (Å²) in [6, 6.07) is 0. The van der Waals surface area contributed by atoms with Gasteiger partial charge in [0, 0.05) is 6.54 Å². The third-order valence-electron chi connectivity index (χ3n) is 0.941. The van der Waals surface area contributed by atoms with Crippen LogP contribution in [0.2, 0.25) is 0 Å². The van der Waals surface area contributed by atoms with Crippen LogP contribution in [0.1, 0.15) is 13.8 Å². The van der Waals surface area contributed by atoms with Gasteiger partial charge in [-0.3, -0.25) is 0 Å². The summed E-state index contributed by atoms with van der Waals surface area (Å²) in [5, 5.41) is 0. The van der Waals surface area contributed by atoms with E-state index in [2.05, 4.69) is 0 Å². The van der Waals surface area contributed by atoms with Crippen molar-refractivity contribution in [2.45, 2.75) is 20.0 Å². The quantitative estimate of drug-likeness (QED) is 0.458. The zero-order valence-corrected chi connectivity index (χ0v) is 7.93. The second kappa shape index (κ2) is 10.2. The molecule has 0 aromatic heterocycles. The molecule has 0 aromatic carbocycles. The van der Waals surface area contributed by atoms with Gasteiger partial charge in [0.25, 0.3) is 0 Å². The molecular formula is C7H17ClNO2-. The highest BCUT2D eigenvalue weighted by molar-refractivity contribution is 4.37. The van der Waals surface area contributed by atoms with E-state index < -0.39 is 0 Å². The average Bonchev–Trinajstić information content (AvgIpc) is 1.87. The summed E-state index contributed by atoms with van der Waals surface area (Å²) in [4.78, 5) is 0. The zero-order chi connectivity index (χ0) is 7.82. The highest BCUT2D eigenvalue weighted by Crippen LogP contribution is 1.86. The van der Waals surface area contributed by atoms with E-state index in [0.717, 1.165) is 0 Å². The minimum Gasteiger partial charge on any atom is -1.00 e. The lowest BCUT2D eigenvalue weighted by atomic mass is 10.5. The fourth-order valence-corrected chi connectivity index (χ4v) is 0.528. The summed E-state index contributed by atoms with van der Waals surface area (Å²) in [7, 11) is 0. The van der Waals surface area contributed by atoms with Crippen LogP contribution >= 0.6 is 0 Å². The summed E-state index contributed by atoms with van der Waals surface area (Å²) in [6.45, 7) is 6.53. The minimum absolute atomic E-state index is 0. The van der Waals surface area contributed by atoms with Gasteiger partial charge in [0.15, 0.2) is 0 Å². The van der Waals surface area contributed by atoms with Crippen molar-refractivity contribution in [2.75, 3.05) is 26.4 Å². The van der Waals surface area contributed by atoms with Crippen molar-refractivity contribution >= 4 is 0 Å². The molecule has 0 fully saturated rings. The molecule has 0 amide bonds. The molecule has 2 N–H and O–H groups in total. The first-order chi connectivity index (χ1) is 4.77. The van der Waals surface area contributed by atoms with Crippen molar-refractivity contribution in [1.82, 2.24) is 0 Å². The first-order valence-corrected chi connectivity index (χ1v) is 3.66. The molecule has 4 heteroatoms. The fraction of sp³-hybridized carbons (Fsp3) is 1.00. The van der Waals surface area contributed by atoms with Crippen molar-refractivity contribution in [3.05, 3.63) is 0 Å². The highest BCUT2D eigenvalue weighted by Gasteiger charge is 1.91. The van der Waals surface area contributed by atoms with E-state index in [1.165, 1.54) is 0 Å². The Hall–Kier alpha value is 0.170. The maximum absolute atomic E-state index is 5.22. The molecule has 0 heterocycles. The van der Waals surface area contributed by atoms with Crippen molar-refractivity contribution in [3.8, 4) is 0 Å². The fourth-order valence-electron chi connectivity index (χ4n) is 0.528. The van der Waals surface area contributed by atoms with Crippen molar-refractivity contribution in [2.24, 2.45) is 5.73 Å². The Morgan fingerprint density at radius 2 is 1.82 bits per heavy atom. The Balaban J connectivity index is 0. The standard InChI is InChI=1S/C7H17NO2.ClH/c1-7(2)10-6-5-9-4-3-8;/h7H,3-6,8H2,1-2H3;1H/p-1. The zero-order valence-electron chi connectivity index (χ0n) is 7.18. The molecular weight excluding hydrogens is 166 g/mol. The number of halogens is 1. The van der Waals surface area contributed by atoms with E-state index in [-0.39, 0.29) is 12.4 Å². The Labute approximate surface area is 74.6 Å². The summed E-state index contributed by atoms with van der Waals surface area (Å²) in [5.74, 6) is 0. The lowest BCUT2D eigenvalue weighted by Crippen LogP contribution is -3.00. The third kappa shape index (κ3) is 13.2. The van der Waals surface area contributed by atoms with Gasteiger partial charge in [-0.1, -0.05) is 0 Å². The number of hydrogen-bond acceptors (Lipinski definition) is 3. The van der Waals surface area contributed by atoms with E-state index in [1.807, 2.05) is 13.8 Å². The molecule has 11 heavy (non-hydrogen) atoms. The van der Waals surface area contributed by atoms with Gasteiger partial charge in [-0.25, -0.2) is 0 Å². The van der Waals surface area contributed by atoms with Crippen molar-refractivity contribution in [1.29, 1.82) is 0 Å². The minimum atomic E-state index is 0. The summed E-state index contributed by atoms with van der Waals surface area (Å²) >= 11 is 0. The van der Waals surface area contributed by atoms with E-state index in [0.29, 0.717) is 32.5 Å². The van der Waals surface area contributed by atoms with Crippen molar-refractivity contribution in [3.63, 3.8) is 0 Å². The second-order valence-corrected chi connectivity index (χ2v) is 2.32. The van der Waals surface area contributed by atoms with Crippen LogP contribution in [0.25, 0.3) is 0 Å². The third-order valence-corrected chi connectivity index (χ3v) is 0.941. The molecule has 0 saturated carbocycles. The number of nitrogens with two attached hydrogens (primary N) is 1. The maximum Gasteiger partial charge on any atom is 0.0703 e. The van der Waals surface area contributed by atoms with E-state index >= 15 is 0 Å². The molecule has 0 bridgehead atoms. The first-order valence-electron chi connectivity index (χ1n) is 3.66. The van der Waals surface area contributed by atoms with Gasteiger partial charge in [-0.15, -0.1) is 0 Å². The normalized spacial score (nSPS) is 9.82. The number of rotatable bonds is 6. The van der Waals surface area contributed by atoms with Crippen LogP contribution in [-0.2, 0) is 9.47 Å². The summed E-state index contributed by atoms with van der Waals surface area (Å²) < 4.78 is 10.3. The number of ether oxygens (including phenoxy) is 2. The smallest absolute Gasteiger partial charge is 0.0703 e. The van der Waals surface area contributed by atoms with E-state index in [1.54, 1.807) is 0 Å². The summed E-state index contributed by atoms with van der Waals surface area (Å²) in [6.07, 6.45) is 0.293. The molecule has 0 saturated heterocycles. The average molecular weight is 183 g/mol. The van der Waals surface area contributed by atoms with Gasteiger partial charge in [-0.05, 0) is 13.8 Å². The molecule has 0 aromatic rings. The van der Waals surface area contributed by atoms with Crippen molar-refractivity contribution < 1.29 is 21.9 Å². The van der Waals surface area contributed by atoms with Gasteiger partial charge in [-0.2, -0.15) is 0 Å². The second-order valence-electron chi connectivity index (χ2n) is 2.32. The molecule has 0 aliphatic carbocycles. The highest BCUT2D eigenvalue weighted by atomic mass is 35.5. The van der Waals surface area contributed by atoms with Crippen LogP contribution in [0, 0.1) is 0 Å². The van der Waals surface area contributed by atoms with Gasteiger partial charge in [0.2, 0.25) is 0 Å². The van der Waals surface area contributed by atoms with Crippen LogP contribution in [0.4, 0.5) is 0 Å². The molecule has 0 spiro atoms. The predicted molar refractivity (Wildman–Crippen MR) is 41.0 cm³/mol. The Morgan fingerprint density at radius 1 is 1.18 bits per heavy atom. The largest absolute Gasteiger partial charge is 1.00 e. The Kier molecular flexibility index (Phi) is 12.7. The molecule has 0 aliphatic rings. The molecule has 0 unspecified atom stereocenters. The Morgan fingerprint density at radius 3 is 2.27 bits per heavy atom. The molecule has 0 radical (unpaired) electrons. The SMILES string of the molecule is CC(C)OCCOCCN.[Cl-]. The molecule has 0 atom stereocenters. The van der Waals surface area contributed by atoms with Gasteiger partial charge in [0.05, 0.1) is 25.9 Å². The topological polar surface area (TPSA) is 44.5 Å². The summed E-state index contributed by atoms with van der Waals surface area (Å²) in [5.41, 5.74) is 5.20. The van der Waals surface area contributed by atoms with Crippen LogP contribution < -0.4 is 18.1 Å². The lowest BCUT2D eigenvalue weighted by molar-refractivity contribution is -0.00000543. The lowest BCUT2D eigenvalue weighted by Gasteiger charge is -2.06. The first kappa shape index (κ1) is 13.7. The predicted octanol–water partition coefficient (Wildman–Crippen LogP) is -2.61. The van der Waals surface area contributed by atoms with E-state index in [4.69, 9.17) is 15.2 Å². The Bertz CT molecular complexity index is 71.5.